The molecule has 0 atom stereocenters. The van der Waals surface area contributed by atoms with Crippen molar-refractivity contribution < 1.29 is 19.0 Å². The van der Waals surface area contributed by atoms with E-state index in [4.69, 9.17) is 37.4 Å². The van der Waals surface area contributed by atoms with Crippen molar-refractivity contribution in [3.8, 4) is 11.5 Å². The van der Waals surface area contributed by atoms with Crippen LogP contribution >= 0.6 is 23.2 Å². The van der Waals surface area contributed by atoms with E-state index in [-0.39, 0.29) is 12.8 Å². The quantitative estimate of drug-likeness (QED) is 0.350. The van der Waals surface area contributed by atoms with Crippen molar-refractivity contribution >= 4 is 40.6 Å². The number of anilines is 1. The van der Waals surface area contributed by atoms with E-state index in [0.717, 1.165) is 55.8 Å². The van der Waals surface area contributed by atoms with Gasteiger partial charge in [0.25, 0.3) is 0 Å². The molecule has 0 spiro atoms. The van der Waals surface area contributed by atoms with E-state index in [9.17, 15) is 4.79 Å². The molecule has 0 unspecified atom stereocenters. The normalized spacial score (nSPS) is 15.3. The van der Waals surface area contributed by atoms with Gasteiger partial charge in [0, 0.05) is 60.1 Å². The number of hydrogen-bond acceptors (Lipinski definition) is 7. The molecule has 2 aliphatic heterocycles. The van der Waals surface area contributed by atoms with Gasteiger partial charge in [-0.15, -0.1) is 0 Å². The zero-order chi connectivity index (χ0) is 26.5. The molecule has 0 N–H and O–H groups in total. The van der Waals surface area contributed by atoms with Gasteiger partial charge in [-0.25, -0.2) is 9.78 Å². The third-order valence-corrected chi connectivity index (χ3v) is 7.11. The van der Waals surface area contributed by atoms with Crippen molar-refractivity contribution in [3.05, 3.63) is 87.5 Å². The first-order valence-electron chi connectivity index (χ1n) is 12.7. The highest BCUT2D eigenvalue weighted by Crippen LogP contribution is 2.40. The smallest absolute Gasteiger partial charge is 0.341 e. The highest BCUT2D eigenvalue weighted by molar-refractivity contribution is 6.31. The molecule has 1 fully saturated rings. The number of halogens is 2. The van der Waals surface area contributed by atoms with E-state index in [2.05, 4.69) is 20.9 Å². The Hall–Kier alpha value is -3.26. The fourth-order valence-electron chi connectivity index (χ4n) is 4.79. The van der Waals surface area contributed by atoms with E-state index in [1.54, 1.807) is 25.3 Å². The van der Waals surface area contributed by atoms with Crippen molar-refractivity contribution in [1.82, 2.24) is 9.88 Å². The fourth-order valence-corrected chi connectivity index (χ4v) is 5.13. The number of nitrogens with zero attached hydrogens (tertiary/aromatic N) is 3. The second-order valence-corrected chi connectivity index (χ2v) is 9.89. The Morgan fingerprint density at radius 1 is 1.00 bits per heavy atom. The lowest BCUT2D eigenvalue weighted by Crippen LogP contribution is -2.47. The van der Waals surface area contributed by atoms with Crippen LogP contribution < -0.4 is 14.4 Å². The van der Waals surface area contributed by atoms with Gasteiger partial charge < -0.3 is 19.1 Å². The van der Waals surface area contributed by atoms with E-state index in [1.807, 2.05) is 36.4 Å². The van der Waals surface area contributed by atoms with Gasteiger partial charge in [-0.05, 0) is 67.4 Å². The van der Waals surface area contributed by atoms with Crippen LogP contribution in [0.2, 0.25) is 10.0 Å². The monoisotopic (exact) mass is 553 g/mol. The summed E-state index contributed by atoms with van der Waals surface area (Å²) in [6, 6.07) is 14.7. The van der Waals surface area contributed by atoms with Gasteiger partial charge in [0.1, 0.15) is 22.9 Å². The molecule has 1 aromatic heterocycles. The summed E-state index contributed by atoms with van der Waals surface area (Å²) in [6.07, 6.45) is 4.73. The summed E-state index contributed by atoms with van der Waals surface area (Å²) < 4.78 is 17.0. The maximum atomic E-state index is 12.4. The molecule has 2 aromatic carbocycles. The molecule has 1 saturated heterocycles. The molecule has 3 heterocycles. The lowest BCUT2D eigenvalue weighted by molar-refractivity contribution is 0.0526. The summed E-state index contributed by atoms with van der Waals surface area (Å²) in [5.41, 5.74) is 3.31. The van der Waals surface area contributed by atoms with Crippen LogP contribution in [0.15, 0.2) is 60.8 Å². The minimum absolute atomic E-state index is 0.106. The van der Waals surface area contributed by atoms with Gasteiger partial charge in [-0.2, -0.15) is 0 Å². The van der Waals surface area contributed by atoms with Gasteiger partial charge in [0.05, 0.1) is 6.61 Å². The molecule has 7 nitrogen and oxygen atoms in total. The minimum Gasteiger partial charge on any atom is -0.462 e. The van der Waals surface area contributed by atoms with Crippen molar-refractivity contribution in [2.75, 3.05) is 51.0 Å². The minimum atomic E-state index is -0.336. The zero-order valence-corrected chi connectivity index (χ0v) is 22.7. The Kier molecular flexibility index (Phi) is 8.37. The molecule has 2 aliphatic rings. The maximum absolute atomic E-state index is 12.4. The van der Waals surface area contributed by atoms with Crippen LogP contribution in [-0.4, -0.2) is 62.0 Å². The standard InChI is InChI=1S/C29H29Cl2N3O4/c1-2-36-29(35)23-5-3-11-32-28(23)34-15-13-33(14-16-34)12-4-6-22-24-17-20(30)7-9-26(24)37-19-38-27-10-8-21(31)18-25(22)27/h3,5-11,17-18H,2,4,12-16,19H2,1H3. The predicted molar refractivity (Wildman–Crippen MR) is 150 cm³/mol. The van der Waals surface area contributed by atoms with Crippen molar-refractivity contribution in [1.29, 1.82) is 0 Å². The highest BCUT2D eigenvalue weighted by atomic mass is 35.5. The molecule has 5 rings (SSSR count). The number of esters is 1. The largest absolute Gasteiger partial charge is 0.462 e. The number of fused-ring (bicyclic) bond motifs is 2. The summed E-state index contributed by atoms with van der Waals surface area (Å²) in [5.74, 6) is 1.78. The maximum Gasteiger partial charge on any atom is 0.341 e. The lowest BCUT2D eigenvalue weighted by Gasteiger charge is -2.35. The average molecular weight is 554 g/mol. The number of carbonyl (C=O) groups excluding carboxylic acids is 1. The van der Waals surface area contributed by atoms with E-state index in [0.29, 0.717) is 39.5 Å². The van der Waals surface area contributed by atoms with Crippen LogP contribution in [0.5, 0.6) is 11.5 Å². The van der Waals surface area contributed by atoms with Gasteiger partial charge >= 0.3 is 5.97 Å². The molecular weight excluding hydrogens is 525 g/mol. The Balaban J connectivity index is 1.30. The predicted octanol–water partition coefficient (Wildman–Crippen LogP) is 5.94. The fraction of sp³-hybridized carbons (Fsp3) is 0.310. The molecule has 0 saturated carbocycles. The Bertz CT molecular complexity index is 1280. The van der Waals surface area contributed by atoms with Gasteiger partial charge in [0.15, 0.2) is 0 Å². The van der Waals surface area contributed by atoms with Gasteiger partial charge in [-0.1, -0.05) is 29.3 Å². The second kappa shape index (κ2) is 12.1. The molecule has 198 valence electrons. The number of pyridine rings is 1. The molecular formula is C29H29Cl2N3O4. The van der Waals surface area contributed by atoms with Crippen LogP contribution in [0.3, 0.4) is 0 Å². The Morgan fingerprint density at radius 2 is 1.66 bits per heavy atom. The third kappa shape index (κ3) is 5.90. The Labute approximate surface area is 232 Å². The molecule has 3 aromatic rings. The number of carbonyl (C=O) groups is 1. The number of piperazine rings is 1. The molecule has 0 bridgehead atoms. The number of aromatic nitrogens is 1. The van der Waals surface area contributed by atoms with Crippen molar-refractivity contribution in [2.24, 2.45) is 0 Å². The van der Waals surface area contributed by atoms with Crippen LogP contribution in [0.25, 0.3) is 5.57 Å². The van der Waals surface area contributed by atoms with Crippen LogP contribution in [-0.2, 0) is 4.74 Å². The molecule has 9 heteroatoms. The van der Waals surface area contributed by atoms with E-state index >= 15 is 0 Å². The van der Waals surface area contributed by atoms with Crippen LogP contribution in [0.4, 0.5) is 5.82 Å². The summed E-state index contributed by atoms with van der Waals surface area (Å²) in [4.78, 5) is 21.4. The van der Waals surface area contributed by atoms with E-state index < -0.39 is 0 Å². The molecule has 0 radical (unpaired) electrons. The summed E-state index contributed by atoms with van der Waals surface area (Å²) in [6.45, 7) is 6.39. The summed E-state index contributed by atoms with van der Waals surface area (Å²) >= 11 is 12.8. The average Bonchev–Trinajstić information content (AvgIpc) is 2.92. The lowest BCUT2D eigenvalue weighted by atomic mass is 9.95. The topological polar surface area (TPSA) is 64.1 Å². The third-order valence-electron chi connectivity index (χ3n) is 6.64. The summed E-state index contributed by atoms with van der Waals surface area (Å²) in [7, 11) is 0. The number of benzene rings is 2. The highest BCUT2D eigenvalue weighted by Gasteiger charge is 2.24. The number of hydrogen-bond donors (Lipinski definition) is 0. The first-order chi connectivity index (χ1) is 18.5. The molecule has 0 amide bonds. The zero-order valence-electron chi connectivity index (χ0n) is 21.2. The van der Waals surface area contributed by atoms with Crippen LogP contribution in [0.1, 0.15) is 34.8 Å². The van der Waals surface area contributed by atoms with Crippen LogP contribution in [0, 0.1) is 0 Å². The molecule has 0 aliphatic carbocycles. The second-order valence-electron chi connectivity index (χ2n) is 9.02. The summed E-state index contributed by atoms with van der Waals surface area (Å²) in [5, 5.41) is 1.27. The SMILES string of the molecule is CCOC(=O)c1cccnc1N1CCN(CCC=C2c3cc(Cl)ccc3OCOc3ccc(Cl)cc32)CC1. The first kappa shape index (κ1) is 26.4. The van der Waals surface area contributed by atoms with Gasteiger partial charge in [0.2, 0.25) is 6.79 Å². The van der Waals surface area contributed by atoms with Gasteiger partial charge in [-0.3, -0.25) is 4.90 Å². The number of ether oxygens (including phenoxy) is 3. The first-order valence-corrected chi connectivity index (χ1v) is 13.4. The van der Waals surface area contributed by atoms with Crippen molar-refractivity contribution in [2.45, 2.75) is 13.3 Å². The van der Waals surface area contributed by atoms with E-state index in [1.165, 1.54) is 0 Å². The van der Waals surface area contributed by atoms with Crippen molar-refractivity contribution in [3.63, 3.8) is 0 Å². The number of rotatable bonds is 6. The Morgan fingerprint density at radius 3 is 2.29 bits per heavy atom. The molecule has 38 heavy (non-hydrogen) atoms.